The average molecular weight is 373 g/mol. The maximum Gasteiger partial charge on any atom is 0.259 e. The van der Waals surface area contributed by atoms with E-state index in [2.05, 4.69) is 15.3 Å². The Hall–Kier alpha value is -3.00. The molecule has 8 heteroatoms. The fraction of sp³-hybridized carbons (Fsp3) is 0.167. The molecule has 1 amide bonds. The lowest BCUT2D eigenvalue weighted by atomic mass is 10.1. The van der Waals surface area contributed by atoms with Crippen molar-refractivity contribution in [2.75, 3.05) is 6.61 Å². The van der Waals surface area contributed by atoms with Crippen LogP contribution in [0, 0.1) is 10.6 Å². The van der Waals surface area contributed by atoms with Crippen LogP contribution in [0.3, 0.4) is 0 Å². The van der Waals surface area contributed by atoms with Gasteiger partial charge in [0.15, 0.2) is 4.77 Å². The molecule has 1 atom stereocenters. The molecule has 0 saturated heterocycles. The molecule has 0 fully saturated rings. The van der Waals surface area contributed by atoms with Crippen LogP contribution in [0.2, 0.25) is 0 Å². The molecule has 3 N–H and O–H groups in total. The van der Waals surface area contributed by atoms with Crippen molar-refractivity contribution in [3.8, 4) is 5.75 Å². The predicted octanol–water partition coefficient (Wildman–Crippen LogP) is 2.92. The highest BCUT2D eigenvalue weighted by Crippen LogP contribution is 2.13. The third kappa shape index (κ3) is 4.15. The van der Waals surface area contributed by atoms with Crippen LogP contribution in [0.1, 0.15) is 17.3 Å². The second kappa shape index (κ2) is 7.49. The second-order valence-electron chi connectivity index (χ2n) is 5.81. The summed E-state index contributed by atoms with van der Waals surface area (Å²) in [6, 6.07) is 10.2. The lowest BCUT2D eigenvalue weighted by Gasteiger charge is -2.15. The molecule has 2 aromatic carbocycles. The van der Waals surface area contributed by atoms with Crippen molar-refractivity contribution >= 4 is 29.0 Å². The molecule has 0 unspecified atom stereocenters. The molecule has 0 bridgehead atoms. The number of nitrogens with one attached hydrogen (secondary N) is 3. The Bertz CT molecular complexity index is 1080. The number of halogens is 1. The highest BCUT2D eigenvalue weighted by atomic mass is 32.1. The van der Waals surface area contributed by atoms with Crippen LogP contribution < -0.4 is 15.6 Å². The van der Waals surface area contributed by atoms with E-state index in [-0.39, 0.29) is 34.7 Å². The van der Waals surface area contributed by atoms with Crippen LogP contribution in [0.15, 0.2) is 47.3 Å². The number of aromatic amines is 2. The number of amides is 1. The summed E-state index contributed by atoms with van der Waals surface area (Å²) in [6.45, 7) is 1.96. The summed E-state index contributed by atoms with van der Waals surface area (Å²) in [7, 11) is 0. The van der Waals surface area contributed by atoms with Crippen molar-refractivity contribution in [2.45, 2.75) is 13.0 Å². The summed E-state index contributed by atoms with van der Waals surface area (Å²) in [5.74, 6) is -0.312. The van der Waals surface area contributed by atoms with E-state index in [1.807, 2.05) is 0 Å². The summed E-state index contributed by atoms with van der Waals surface area (Å²) in [5.41, 5.74) is 0.550. The van der Waals surface area contributed by atoms with Crippen molar-refractivity contribution in [2.24, 2.45) is 0 Å². The van der Waals surface area contributed by atoms with Gasteiger partial charge in [0.2, 0.25) is 0 Å². The minimum absolute atomic E-state index is 0.185. The molecule has 0 aliphatic heterocycles. The van der Waals surface area contributed by atoms with Crippen LogP contribution in [0.25, 0.3) is 10.9 Å². The summed E-state index contributed by atoms with van der Waals surface area (Å²) < 4.78 is 18.8. The maximum atomic E-state index is 13.1. The van der Waals surface area contributed by atoms with Gasteiger partial charge in [-0.2, -0.15) is 0 Å². The molecule has 1 aromatic heterocycles. The summed E-state index contributed by atoms with van der Waals surface area (Å²) in [4.78, 5) is 29.5. The molecule has 6 nitrogen and oxygen atoms in total. The van der Waals surface area contributed by atoms with Gasteiger partial charge < -0.3 is 15.0 Å². The van der Waals surface area contributed by atoms with Gasteiger partial charge in [0.05, 0.1) is 16.9 Å². The molecule has 1 heterocycles. The topological polar surface area (TPSA) is 87.0 Å². The van der Waals surface area contributed by atoms with Crippen molar-refractivity contribution < 1.29 is 13.9 Å². The van der Waals surface area contributed by atoms with E-state index in [1.165, 1.54) is 12.1 Å². The normalized spacial score (nSPS) is 11.9. The summed E-state index contributed by atoms with van der Waals surface area (Å²) >= 11 is 4.94. The van der Waals surface area contributed by atoms with E-state index in [1.54, 1.807) is 37.3 Å². The van der Waals surface area contributed by atoms with E-state index >= 15 is 0 Å². The molecule has 0 saturated carbocycles. The number of ether oxygens (including phenoxy) is 1. The first-order valence-electron chi connectivity index (χ1n) is 7.88. The third-order valence-corrected chi connectivity index (χ3v) is 3.88. The van der Waals surface area contributed by atoms with Gasteiger partial charge in [-0.05, 0) is 49.5 Å². The number of carbonyl (C=O) groups excluding carboxylic acids is 1. The van der Waals surface area contributed by atoms with Crippen LogP contribution in [0.5, 0.6) is 5.75 Å². The van der Waals surface area contributed by atoms with Gasteiger partial charge in [-0.1, -0.05) is 6.07 Å². The Balaban J connectivity index is 1.68. The molecular weight excluding hydrogens is 357 g/mol. The van der Waals surface area contributed by atoms with E-state index in [0.717, 1.165) is 0 Å². The highest BCUT2D eigenvalue weighted by molar-refractivity contribution is 7.71. The quantitative estimate of drug-likeness (QED) is 0.600. The third-order valence-electron chi connectivity index (χ3n) is 3.68. The van der Waals surface area contributed by atoms with E-state index in [9.17, 15) is 14.0 Å². The zero-order valence-corrected chi connectivity index (χ0v) is 14.7. The number of hydrogen-bond acceptors (Lipinski definition) is 4. The van der Waals surface area contributed by atoms with Crippen LogP contribution in [0.4, 0.5) is 4.39 Å². The van der Waals surface area contributed by atoms with Crippen LogP contribution >= 0.6 is 12.2 Å². The molecule has 0 aliphatic rings. The van der Waals surface area contributed by atoms with Crippen molar-refractivity contribution in [3.63, 3.8) is 0 Å². The van der Waals surface area contributed by atoms with Crippen LogP contribution in [-0.4, -0.2) is 28.5 Å². The molecule has 26 heavy (non-hydrogen) atoms. The number of aromatic nitrogens is 2. The zero-order chi connectivity index (χ0) is 18.7. The number of carbonyl (C=O) groups is 1. The second-order valence-corrected chi connectivity index (χ2v) is 6.22. The summed E-state index contributed by atoms with van der Waals surface area (Å²) in [6.07, 6.45) is 0. The Labute approximate surface area is 153 Å². The van der Waals surface area contributed by atoms with Gasteiger partial charge in [-0.25, -0.2) is 4.39 Å². The molecular formula is C18H16FN3O3S. The number of fused-ring (bicyclic) bond motifs is 1. The number of rotatable bonds is 5. The smallest absolute Gasteiger partial charge is 0.259 e. The van der Waals surface area contributed by atoms with Gasteiger partial charge in [-0.15, -0.1) is 0 Å². The van der Waals surface area contributed by atoms with Crippen molar-refractivity contribution in [1.29, 1.82) is 0 Å². The first-order valence-corrected chi connectivity index (χ1v) is 8.29. The van der Waals surface area contributed by atoms with Gasteiger partial charge >= 0.3 is 0 Å². The molecule has 0 radical (unpaired) electrons. The van der Waals surface area contributed by atoms with E-state index in [0.29, 0.717) is 22.2 Å². The largest absolute Gasteiger partial charge is 0.491 e. The fourth-order valence-electron chi connectivity index (χ4n) is 2.44. The average Bonchev–Trinajstić information content (AvgIpc) is 2.59. The fourth-order valence-corrected chi connectivity index (χ4v) is 2.64. The Kier molecular flexibility index (Phi) is 5.13. The van der Waals surface area contributed by atoms with Crippen molar-refractivity contribution in [1.82, 2.24) is 15.3 Å². The molecule has 0 spiro atoms. The highest BCUT2D eigenvalue weighted by Gasteiger charge is 2.12. The Morgan fingerprint density at radius 2 is 2.08 bits per heavy atom. The van der Waals surface area contributed by atoms with Gasteiger partial charge in [0, 0.05) is 11.6 Å². The van der Waals surface area contributed by atoms with Crippen molar-refractivity contribution in [3.05, 3.63) is 69.0 Å². The van der Waals surface area contributed by atoms with Gasteiger partial charge in [0.25, 0.3) is 11.5 Å². The Morgan fingerprint density at radius 1 is 1.27 bits per heavy atom. The molecule has 134 valence electrons. The van der Waals surface area contributed by atoms with Crippen LogP contribution in [-0.2, 0) is 0 Å². The lowest BCUT2D eigenvalue weighted by Crippen LogP contribution is -2.36. The number of H-pyrrole nitrogens is 2. The first kappa shape index (κ1) is 17.8. The molecule has 3 aromatic rings. The van der Waals surface area contributed by atoms with E-state index in [4.69, 9.17) is 17.0 Å². The Morgan fingerprint density at radius 3 is 2.85 bits per heavy atom. The first-order chi connectivity index (χ1) is 12.4. The SMILES string of the molecule is C[C@@H](COc1cccc(F)c1)NC(=O)c1ccc2c(=O)[nH]c(=S)[nH]c2c1. The monoisotopic (exact) mass is 373 g/mol. The maximum absolute atomic E-state index is 13.1. The van der Waals surface area contributed by atoms with Gasteiger partial charge in [-0.3, -0.25) is 14.6 Å². The number of benzene rings is 2. The predicted molar refractivity (Wildman–Crippen MR) is 98.6 cm³/mol. The minimum atomic E-state index is -0.386. The zero-order valence-electron chi connectivity index (χ0n) is 13.8. The van der Waals surface area contributed by atoms with Gasteiger partial charge in [0.1, 0.15) is 18.2 Å². The lowest BCUT2D eigenvalue weighted by molar-refractivity contribution is 0.0926. The molecule has 0 aliphatic carbocycles. The number of hydrogen-bond donors (Lipinski definition) is 3. The minimum Gasteiger partial charge on any atom is -0.491 e. The standard InChI is InChI=1S/C18H16FN3O3S/c1-10(9-25-13-4-2-3-12(19)8-13)20-16(23)11-5-6-14-15(7-11)21-18(26)22-17(14)24/h2-8,10H,9H2,1H3,(H,20,23)(H2,21,22,24,26)/t10-/m0/s1. The van der Waals surface area contributed by atoms with E-state index < -0.39 is 0 Å². The summed E-state index contributed by atoms with van der Waals surface area (Å²) in [5, 5.41) is 3.21. The molecule has 3 rings (SSSR count).